The van der Waals surface area contributed by atoms with Crippen LogP contribution in [0.1, 0.15) is 72.8 Å². The lowest BCUT2D eigenvalue weighted by Crippen LogP contribution is -2.49. The molecule has 2 aliphatic carbocycles. The Bertz CT molecular complexity index is 788. The van der Waals surface area contributed by atoms with Gasteiger partial charge in [0.05, 0.1) is 24.9 Å². The van der Waals surface area contributed by atoms with Crippen molar-refractivity contribution >= 4 is 34.5 Å². The van der Waals surface area contributed by atoms with Gasteiger partial charge in [0, 0.05) is 25.0 Å². The third-order valence-corrected chi connectivity index (χ3v) is 7.65. The van der Waals surface area contributed by atoms with Crippen LogP contribution in [0.25, 0.3) is 5.57 Å². The highest BCUT2D eigenvalue weighted by atomic mass is 32.1. The Labute approximate surface area is 189 Å². The number of thiophene rings is 1. The van der Waals surface area contributed by atoms with Crippen molar-refractivity contribution in [2.75, 3.05) is 32.3 Å². The van der Waals surface area contributed by atoms with Crippen molar-refractivity contribution in [1.82, 2.24) is 0 Å². The second-order valence-electron chi connectivity index (χ2n) is 8.83. The van der Waals surface area contributed by atoms with Crippen LogP contribution >= 0.6 is 11.3 Å². The summed E-state index contributed by atoms with van der Waals surface area (Å²) >= 11 is 1.28. The van der Waals surface area contributed by atoms with Crippen LogP contribution in [0.2, 0.25) is 0 Å². The van der Waals surface area contributed by atoms with Gasteiger partial charge in [0.2, 0.25) is 5.91 Å². The van der Waals surface area contributed by atoms with Crippen molar-refractivity contribution < 1.29 is 24.2 Å². The summed E-state index contributed by atoms with van der Waals surface area (Å²) in [7, 11) is 3.19. The predicted molar refractivity (Wildman–Crippen MR) is 124 cm³/mol. The average Bonchev–Trinajstić information content (AvgIpc) is 3.21. The SMILES string of the molecule is COCC(COC)N(c1cc(C2=CCCCC2)sc1C(=O)O)C(=O)[C@H]1CC[C@H](C)CC1. The van der Waals surface area contributed by atoms with E-state index in [1.165, 1.54) is 23.3 Å². The monoisotopic (exact) mass is 449 g/mol. The molecule has 0 unspecified atom stereocenters. The topological polar surface area (TPSA) is 76.1 Å². The smallest absolute Gasteiger partial charge is 0.348 e. The summed E-state index contributed by atoms with van der Waals surface area (Å²) in [5.41, 5.74) is 1.68. The van der Waals surface area contributed by atoms with Gasteiger partial charge in [-0.05, 0) is 68.9 Å². The van der Waals surface area contributed by atoms with E-state index in [-0.39, 0.29) is 36.0 Å². The van der Waals surface area contributed by atoms with Gasteiger partial charge < -0.3 is 19.5 Å². The van der Waals surface area contributed by atoms with E-state index in [0.717, 1.165) is 49.8 Å². The summed E-state index contributed by atoms with van der Waals surface area (Å²) in [5.74, 6) is -0.458. The zero-order chi connectivity index (χ0) is 22.4. The molecule has 0 atom stereocenters. The van der Waals surface area contributed by atoms with Gasteiger partial charge in [-0.2, -0.15) is 0 Å². The highest BCUT2D eigenvalue weighted by Crippen LogP contribution is 2.40. The highest BCUT2D eigenvalue weighted by molar-refractivity contribution is 7.15. The zero-order valence-corrected chi connectivity index (χ0v) is 19.7. The minimum absolute atomic E-state index is 0.00419. The van der Waals surface area contributed by atoms with Crippen molar-refractivity contribution in [1.29, 1.82) is 0 Å². The van der Waals surface area contributed by atoms with Crippen LogP contribution in [0.5, 0.6) is 0 Å². The lowest BCUT2D eigenvalue weighted by atomic mass is 9.82. The van der Waals surface area contributed by atoms with E-state index in [4.69, 9.17) is 9.47 Å². The van der Waals surface area contributed by atoms with E-state index in [1.54, 1.807) is 19.1 Å². The number of ether oxygens (including phenoxy) is 2. The number of nitrogens with zero attached hydrogens (tertiary/aromatic N) is 1. The minimum Gasteiger partial charge on any atom is -0.477 e. The second kappa shape index (κ2) is 11.2. The minimum atomic E-state index is -0.994. The molecule has 1 fully saturated rings. The molecule has 2 aliphatic rings. The number of amides is 1. The number of aromatic carboxylic acids is 1. The van der Waals surface area contributed by atoms with Crippen molar-refractivity contribution in [2.45, 2.75) is 64.3 Å². The maximum atomic E-state index is 13.8. The average molecular weight is 450 g/mol. The molecule has 0 bridgehead atoms. The Hall–Kier alpha value is -1.70. The summed E-state index contributed by atoms with van der Waals surface area (Å²) in [4.78, 5) is 28.8. The highest BCUT2D eigenvalue weighted by Gasteiger charge is 2.36. The van der Waals surface area contributed by atoms with E-state index in [0.29, 0.717) is 11.6 Å². The first-order valence-electron chi connectivity index (χ1n) is 11.3. The van der Waals surface area contributed by atoms with E-state index >= 15 is 0 Å². The molecular weight excluding hydrogens is 414 g/mol. The molecule has 0 radical (unpaired) electrons. The number of hydrogen-bond acceptors (Lipinski definition) is 5. The standard InChI is InChI=1S/C24H35NO5S/c1-16-9-11-18(12-10-16)23(26)25(19(14-29-2)15-30-3)20-13-21(31-22(20)24(27)28)17-7-5-4-6-8-17/h7,13,16,18-19H,4-6,8-12,14-15H2,1-3H3,(H,27,28)/t16-,18-. The van der Waals surface area contributed by atoms with Crippen LogP contribution in [0.15, 0.2) is 12.1 Å². The number of carbonyl (C=O) groups excluding carboxylic acids is 1. The Balaban J connectivity index is 2.02. The lowest BCUT2D eigenvalue weighted by molar-refractivity contribution is -0.124. The molecular formula is C24H35NO5S. The number of carboxylic acid groups (broad SMARTS) is 1. The van der Waals surface area contributed by atoms with Gasteiger partial charge in [-0.15, -0.1) is 11.3 Å². The van der Waals surface area contributed by atoms with Crippen LogP contribution in [-0.2, 0) is 14.3 Å². The number of hydrogen-bond donors (Lipinski definition) is 1. The fourth-order valence-corrected chi connectivity index (χ4v) is 5.77. The predicted octanol–water partition coefficient (Wildman–Crippen LogP) is 5.22. The fraction of sp³-hybridized carbons (Fsp3) is 0.667. The molecule has 1 aromatic rings. The first kappa shape index (κ1) is 24.0. The Kier molecular flexibility index (Phi) is 8.69. The summed E-state index contributed by atoms with van der Waals surface area (Å²) in [6.07, 6.45) is 10.2. The Morgan fingerprint density at radius 2 is 1.84 bits per heavy atom. The molecule has 0 spiro atoms. The molecule has 0 saturated heterocycles. The summed E-state index contributed by atoms with van der Waals surface area (Å²) < 4.78 is 10.8. The van der Waals surface area contributed by atoms with E-state index < -0.39 is 5.97 Å². The molecule has 1 aromatic heterocycles. The third kappa shape index (κ3) is 5.76. The maximum Gasteiger partial charge on any atom is 0.348 e. The molecule has 0 aliphatic heterocycles. The number of rotatable bonds is 9. The largest absolute Gasteiger partial charge is 0.477 e. The van der Waals surface area contributed by atoms with E-state index in [9.17, 15) is 14.7 Å². The van der Waals surface area contributed by atoms with Gasteiger partial charge in [-0.25, -0.2) is 4.79 Å². The Morgan fingerprint density at radius 3 is 2.39 bits per heavy atom. The van der Waals surface area contributed by atoms with Crippen molar-refractivity contribution in [2.24, 2.45) is 11.8 Å². The molecule has 1 saturated carbocycles. The van der Waals surface area contributed by atoms with Crippen molar-refractivity contribution in [3.8, 4) is 0 Å². The summed E-state index contributed by atoms with van der Waals surface area (Å²) in [6.45, 7) is 2.80. The molecule has 3 rings (SSSR count). The first-order valence-corrected chi connectivity index (χ1v) is 12.1. The fourth-order valence-electron chi connectivity index (χ4n) is 4.71. The number of carbonyl (C=O) groups is 2. The van der Waals surface area contributed by atoms with Crippen LogP contribution < -0.4 is 4.90 Å². The van der Waals surface area contributed by atoms with E-state index in [1.807, 2.05) is 6.07 Å². The van der Waals surface area contributed by atoms with Crippen LogP contribution in [-0.4, -0.2) is 50.5 Å². The lowest BCUT2D eigenvalue weighted by Gasteiger charge is -2.35. The number of methoxy groups -OCH3 is 2. The van der Waals surface area contributed by atoms with Crippen LogP contribution in [0, 0.1) is 11.8 Å². The van der Waals surface area contributed by atoms with Gasteiger partial charge in [0.15, 0.2) is 0 Å². The Morgan fingerprint density at radius 1 is 1.16 bits per heavy atom. The molecule has 172 valence electrons. The molecule has 7 heteroatoms. The van der Waals surface area contributed by atoms with Gasteiger partial charge in [-0.1, -0.05) is 13.0 Å². The molecule has 0 aromatic carbocycles. The summed E-state index contributed by atoms with van der Waals surface area (Å²) in [6, 6.07) is 1.54. The number of allylic oxidation sites excluding steroid dienone is 2. The van der Waals surface area contributed by atoms with Crippen LogP contribution in [0.4, 0.5) is 5.69 Å². The van der Waals surface area contributed by atoms with Gasteiger partial charge in [0.25, 0.3) is 0 Å². The molecule has 6 nitrogen and oxygen atoms in total. The number of anilines is 1. The van der Waals surface area contributed by atoms with Gasteiger partial charge >= 0.3 is 5.97 Å². The van der Waals surface area contributed by atoms with Gasteiger partial charge in [0.1, 0.15) is 4.88 Å². The molecule has 1 heterocycles. The molecule has 1 N–H and O–H groups in total. The van der Waals surface area contributed by atoms with Crippen molar-refractivity contribution in [3.63, 3.8) is 0 Å². The van der Waals surface area contributed by atoms with Gasteiger partial charge in [-0.3, -0.25) is 4.79 Å². The van der Waals surface area contributed by atoms with Crippen LogP contribution in [0.3, 0.4) is 0 Å². The van der Waals surface area contributed by atoms with E-state index in [2.05, 4.69) is 13.0 Å². The molecule has 1 amide bonds. The maximum absolute atomic E-state index is 13.8. The zero-order valence-electron chi connectivity index (χ0n) is 18.9. The number of carboxylic acids is 1. The molecule has 31 heavy (non-hydrogen) atoms. The summed E-state index contributed by atoms with van der Waals surface area (Å²) in [5, 5.41) is 9.99. The first-order chi connectivity index (χ1) is 15.0. The third-order valence-electron chi connectivity index (χ3n) is 6.46. The second-order valence-corrected chi connectivity index (χ2v) is 9.89. The quantitative estimate of drug-likeness (QED) is 0.559. The normalized spacial score (nSPS) is 21.7. The van der Waals surface area contributed by atoms with Crippen molar-refractivity contribution in [3.05, 3.63) is 21.9 Å².